The molecule has 0 radical (unpaired) electrons. The zero-order valence-corrected chi connectivity index (χ0v) is 34.0. The quantitative estimate of drug-likeness (QED) is 0.0476. The minimum Gasteiger partial charge on any atom is -0.790 e. The van der Waals surface area contributed by atoms with E-state index < -0.39 is 32.5 Å². The van der Waals surface area contributed by atoms with Crippen LogP contribution in [0.2, 0.25) is 0 Å². The van der Waals surface area contributed by atoms with Gasteiger partial charge in [-0.05, 0) is 19.3 Å². The molecular formula is C32H60NNa2O9P. The van der Waals surface area contributed by atoms with E-state index in [0.717, 1.165) is 57.9 Å². The number of amides is 1. The Balaban J connectivity index is -0.00000882. The van der Waals surface area contributed by atoms with E-state index >= 15 is 0 Å². The normalized spacial score (nSPS) is 11.6. The van der Waals surface area contributed by atoms with Crippen molar-refractivity contribution >= 4 is 25.7 Å². The smallest absolute Gasteiger partial charge is 0.790 e. The van der Waals surface area contributed by atoms with Crippen LogP contribution >= 0.6 is 7.82 Å². The van der Waals surface area contributed by atoms with Crippen LogP contribution in [-0.4, -0.2) is 43.7 Å². The van der Waals surface area contributed by atoms with Gasteiger partial charge < -0.3 is 33.7 Å². The second-order valence-electron chi connectivity index (χ2n) is 11.6. The van der Waals surface area contributed by atoms with Gasteiger partial charge in [0.05, 0.1) is 14.4 Å². The minimum absolute atomic E-state index is 0. The summed E-state index contributed by atoms with van der Waals surface area (Å²) in [5.74, 6) is -0.959. The standard InChI is InChI=1S/C32H62NO9P.2Na/c1-3-4-5-6-7-8-12-16-19-22-25-32(36)42-30(28-41-43(37,38)39)27-40-31(35)24-21-18-15-13-10-9-11-14-17-20-23-26-33-29(2)34;;/h30H,3-28H2,1-2H3,(H,33,34)(H2,37,38,39);;/q;2*+1/p-2/t30-;;/m0../s1. The van der Waals surface area contributed by atoms with Crippen molar-refractivity contribution in [1.82, 2.24) is 5.32 Å². The molecule has 1 N–H and O–H groups in total. The van der Waals surface area contributed by atoms with Gasteiger partial charge in [-0.3, -0.25) is 14.4 Å². The molecule has 0 aromatic heterocycles. The summed E-state index contributed by atoms with van der Waals surface area (Å²) in [6, 6.07) is 0. The molecule has 0 bridgehead atoms. The van der Waals surface area contributed by atoms with Crippen LogP contribution in [0, 0.1) is 0 Å². The molecule has 0 unspecified atom stereocenters. The summed E-state index contributed by atoms with van der Waals surface area (Å²) in [4.78, 5) is 57.0. The molecule has 0 aliphatic rings. The zero-order chi connectivity index (χ0) is 32.0. The van der Waals surface area contributed by atoms with Crippen molar-refractivity contribution in [2.45, 2.75) is 168 Å². The molecule has 13 heteroatoms. The summed E-state index contributed by atoms with van der Waals surface area (Å²) in [5, 5.41) is 2.81. The molecule has 10 nitrogen and oxygen atoms in total. The number of nitrogens with one attached hydrogen (secondary N) is 1. The van der Waals surface area contributed by atoms with Gasteiger partial charge in [-0.15, -0.1) is 0 Å². The summed E-state index contributed by atoms with van der Waals surface area (Å²) in [6.07, 6.45) is 22.5. The SMILES string of the molecule is CCCCCCCCCCCCC(=O)O[C@@H](COC(=O)CCCCCCCCCCCCCNC(C)=O)COP(=O)([O-])[O-].[Na+].[Na+]. The maximum absolute atomic E-state index is 12.2. The Kier molecular flexibility index (Phi) is 39.7. The maximum atomic E-state index is 12.2. The Labute approximate surface area is 317 Å². The number of esters is 2. The first-order valence-corrected chi connectivity index (χ1v) is 18.4. The van der Waals surface area contributed by atoms with Crippen LogP contribution in [0.5, 0.6) is 0 Å². The third-order valence-electron chi connectivity index (χ3n) is 7.31. The van der Waals surface area contributed by atoms with Gasteiger partial charge in [0, 0.05) is 26.3 Å². The number of hydrogen-bond donors (Lipinski definition) is 1. The van der Waals surface area contributed by atoms with E-state index in [9.17, 15) is 28.7 Å². The van der Waals surface area contributed by atoms with E-state index in [1.807, 2.05) is 0 Å². The van der Waals surface area contributed by atoms with Gasteiger partial charge in [-0.1, -0.05) is 122 Å². The Bertz CT molecular complexity index is 756. The zero-order valence-electron chi connectivity index (χ0n) is 29.1. The van der Waals surface area contributed by atoms with Gasteiger partial charge in [0.2, 0.25) is 5.91 Å². The first-order chi connectivity index (χ1) is 20.6. The number of ether oxygens (including phenoxy) is 2. The van der Waals surface area contributed by atoms with Crippen molar-refractivity contribution in [1.29, 1.82) is 0 Å². The molecule has 0 aliphatic heterocycles. The second kappa shape index (κ2) is 35.8. The van der Waals surface area contributed by atoms with Crippen LogP contribution < -0.4 is 74.2 Å². The van der Waals surface area contributed by atoms with Crippen LogP contribution in [-0.2, 0) is 32.9 Å². The molecule has 0 aromatic rings. The Morgan fingerprint density at radius 2 is 1.02 bits per heavy atom. The minimum atomic E-state index is -5.25. The van der Waals surface area contributed by atoms with Crippen molar-refractivity contribution in [3.05, 3.63) is 0 Å². The first kappa shape index (κ1) is 49.9. The number of phosphoric ester groups is 1. The second-order valence-corrected chi connectivity index (χ2v) is 12.7. The molecule has 254 valence electrons. The van der Waals surface area contributed by atoms with Crippen LogP contribution in [0.25, 0.3) is 0 Å². The Hall–Kier alpha value is 0.520. The number of carbonyl (C=O) groups is 3. The predicted octanol–water partition coefficient (Wildman–Crippen LogP) is 0.423. The summed E-state index contributed by atoms with van der Waals surface area (Å²) >= 11 is 0. The van der Waals surface area contributed by atoms with Gasteiger partial charge in [0.1, 0.15) is 6.61 Å². The van der Waals surface area contributed by atoms with E-state index in [2.05, 4.69) is 16.8 Å². The van der Waals surface area contributed by atoms with Crippen LogP contribution in [0.1, 0.15) is 162 Å². The van der Waals surface area contributed by atoms with E-state index in [-0.39, 0.29) is 84.5 Å². The van der Waals surface area contributed by atoms with Gasteiger partial charge in [-0.25, -0.2) is 0 Å². The summed E-state index contributed by atoms with van der Waals surface area (Å²) in [5.41, 5.74) is 0. The average molecular weight is 680 g/mol. The molecule has 0 saturated heterocycles. The van der Waals surface area contributed by atoms with Crippen molar-refractivity contribution in [3.63, 3.8) is 0 Å². The van der Waals surface area contributed by atoms with Crippen LogP contribution in [0.4, 0.5) is 0 Å². The van der Waals surface area contributed by atoms with Crippen molar-refractivity contribution < 1.29 is 102 Å². The monoisotopic (exact) mass is 679 g/mol. The fourth-order valence-corrected chi connectivity index (χ4v) is 5.15. The van der Waals surface area contributed by atoms with Crippen molar-refractivity contribution in [2.24, 2.45) is 0 Å². The molecular weight excluding hydrogens is 619 g/mol. The maximum Gasteiger partial charge on any atom is 1.00 e. The Morgan fingerprint density at radius 1 is 0.622 bits per heavy atom. The molecule has 0 fully saturated rings. The molecule has 45 heavy (non-hydrogen) atoms. The van der Waals surface area contributed by atoms with Crippen molar-refractivity contribution in [2.75, 3.05) is 19.8 Å². The molecule has 0 spiro atoms. The summed E-state index contributed by atoms with van der Waals surface area (Å²) < 4.78 is 25.6. The third-order valence-corrected chi connectivity index (χ3v) is 7.78. The summed E-state index contributed by atoms with van der Waals surface area (Å²) in [7, 11) is -5.25. The van der Waals surface area contributed by atoms with Gasteiger partial charge in [0.25, 0.3) is 0 Å². The molecule has 1 amide bonds. The van der Waals surface area contributed by atoms with Crippen LogP contribution in [0.15, 0.2) is 0 Å². The van der Waals surface area contributed by atoms with E-state index in [0.29, 0.717) is 12.8 Å². The number of unbranched alkanes of at least 4 members (excludes halogenated alkanes) is 19. The topological polar surface area (TPSA) is 154 Å². The molecule has 0 rings (SSSR count). The first-order valence-electron chi connectivity index (χ1n) is 16.9. The fraction of sp³-hybridized carbons (Fsp3) is 0.906. The fourth-order valence-electron chi connectivity index (χ4n) is 4.80. The van der Waals surface area contributed by atoms with Crippen molar-refractivity contribution in [3.8, 4) is 0 Å². The number of rotatable bonds is 31. The van der Waals surface area contributed by atoms with Gasteiger partial charge in [-0.2, -0.15) is 0 Å². The van der Waals surface area contributed by atoms with Crippen LogP contribution in [0.3, 0.4) is 0 Å². The van der Waals surface area contributed by atoms with Gasteiger partial charge >= 0.3 is 71.1 Å². The molecule has 1 atom stereocenters. The molecule has 0 aliphatic carbocycles. The largest absolute Gasteiger partial charge is 1.00 e. The average Bonchev–Trinajstić information content (AvgIpc) is 2.95. The number of phosphoric acid groups is 1. The number of carbonyl (C=O) groups excluding carboxylic acids is 3. The predicted molar refractivity (Wildman–Crippen MR) is 165 cm³/mol. The molecule has 0 saturated carbocycles. The summed E-state index contributed by atoms with van der Waals surface area (Å²) in [6.45, 7) is 3.48. The molecule has 0 heterocycles. The van der Waals surface area contributed by atoms with E-state index in [1.165, 1.54) is 77.6 Å². The molecule has 0 aromatic carbocycles. The number of hydrogen-bond acceptors (Lipinski definition) is 9. The van der Waals surface area contributed by atoms with E-state index in [1.54, 1.807) is 0 Å². The third kappa shape index (κ3) is 40.6. The van der Waals surface area contributed by atoms with E-state index in [4.69, 9.17) is 9.47 Å². The Morgan fingerprint density at radius 3 is 1.44 bits per heavy atom. The van der Waals surface area contributed by atoms with Gasteiger partial charge in [0.15, 0.2) is 6.10 Å².